The van der Waals surface area contributed by atoms with Crippen molar-refractivity contribution in [3.8, 4) is 0 Å². The monoisotopic (exact) mass is 315 g/mol. The first kappa shape index (κ1) is 16.9. The van der Waals surface area contributed by atoms with E-state index in [2.05, 4.69) is 5.32 Å². The van der Waals surface area contributed by atoms with E-state index in [1.165, 1.54) is 24.3 Å². The Bertz CT molecular complexity index is 598. The average Bonchev–Trinajstić information content (AvgIpc) is 2.38. The third-order valence-electron chi connectivity index (χ3n) is 2.63. The normalized spacial score (nSPS) is 11.2. The molecule has 1 rings (SSSR count). The van der Waals surface area contributed by atoms with Crippen LogP contribution in [0.3, 0.4) is 0 Å². The summed E-state index contributed by atoms with van der Waals surface area (Å²) >= 11 is 0. The predicted octanol–water partition coefficient (Wildman–Crippen LogP) is 0.485. The van der Waals surface area contributed by atoms with E-state index in [1.807, 2.05) is 0 Å². The molecule has 2 N–H and O–H groups in total. The van der Waals surface area contributed by atoms with Gasteiger partial charge in [0.05, 0.1) is 11.4 Å². The van der Waals surface area contributed by atoms with Crippen LogP contribution in [-0.2, 0) is 14.8 Å². The van der Waals surface area contributed by atoms with Crippen LogP contribution in [0.1, 0.15) is 0 Å². The van der Waals surface area contributed by atoms with Gasteiger partial charge in [-0.3, -0.25) is 4.79 Å². The van der Waals surface area contributed by atoms with Crippen LogP contribution in [0.25, 0.3) is 0 Å². The average molecular weight is 315 g/mol. The molecule has 0 aromatic heterocycles. The summed E-state index contributed by atoms with van der Waals surface area (Å²) in [4.78, 5) is 23.0. The zero-order chi connectivity index (χ0) is 16.0. The highest BCUT2D eigenvalue weighted by Crippen LogP contribution is 2.18. The fourth-order valence-corrected chi connectivity index (χ4v) is 2.79. The third kappa shape index (κ3) is 4.43. The minimum atomic E-state index is -4.14. The molecule has 0 unspecified atom stereocenters. The number of anilines is 1. The van der Waals surface area contributed by atoms with E-state index in [0.717, 1.165) is 0 Å². The number of carboxylic acid groups (broad SMARTS) is 1. The molecule has 0 aliphatic carbocycles. The van der Waals surface area contributed by atoms with E-state index < -0.39 is 16.1 Å². The van der Waals surface area contributed by atoms with E-state index in [9.17, 15) is 18.0 Å². The maximum absolute atomic E-state index is 12.3. The minimum Gasteiger partial charge on any atom is -0.464 e. The molecule has 116 valence electrons. The van der Waals surface area contributed by atoms with Crippen LogP contribution in [-0.4, -0.2) is 62.4 Å². The maximum Gasteiger partial charge on any atom is 0.421 e. The molecule has 0 spiro atoms. The molecule has 0 radical (unpaired) electrons. The molecular weight excluding hydrogens is 298 g/mol. The van der Waals surface area contributed by atoms with Crippen molar-refractivity contribution in [3.63, 3.8) is 0 Å². The standard InChI is InChI=1S/C12H17N3O5S/c1-14(2)7-8-15(12(17)18)21(19,20)11-5-3-10(4-6-11)13-9-16/h3-6,9H,7-8H2,1-2H3,(H,13,16)(H,17,18). The molecule has 21 heavy (non-hydrogen) atoms. The molecule has 2 amide bonds. The van der Waals surface area contributed by atoms with Gasteiger partial charge in [-0.1, -0.05) is 0 Å². The second-order valence-electron chi connectivity index (χ2n) is 4.45. The van der Waals surface area contributed by atoms with Crippen LogP contribution in [0.4, 0.5) is 10.5 Å². The van der Waals surface area contributed by atoms with Crippen LogP contribution < -0.4 is 5.32 Å². The molecule has 1 aromatic carbocycles. The molecule has 1 aromatic rings. The molecule has 0 saturated carbocycles. The summed E-state index contributed by atoms with van der Waals surface area (Å²) < 4.78 is 25.0. The number of nitrogens with zero attached hydrogens (tertiary/aromatic N) is 2. The Morgan fingerprint density at radius 2 is 1.81 bits per heavy atom. The van der Waals surface area contributed by atoms with Gasteiger partial charge < -0.3 is 15.3 Å². The minimum absolute atomic E-state index is 0.153. The molecule has 8 nitrogen and oxygen atoms in total. The Labute approximate surface area is 123 Å². The lowest BCUT2D eigenvalue weighted by Gasteiger charge is -2.21. The van der Waals surface area contributed by atoms with Crippen molar-refractivity contribution in [1.82, 2.24) is 9.21 Å². The van der Waals surface area contributed by atoms with Gasteiger partial charge in [0.25, 0.3) is 10.0 Å². The molecule has 0 aliphatic heterocycles. The van der Waals surface area contributed by atoms with Crippen LogP contribution in [0.5, 0.6) is 0 Å². The molecule has 0 heterocycles. The summed E-state index contributed by atoms with van der Waals surface area (Å²) in [6.45, 7) is 0.106. The summed E-state index contributed by atoms with van der Waals surface area (Å²) in [5, 5.41) is 11.5. The van der Waals surface area contributed by atoms with E-state index >= 15 is 0 Å². The van der Waals surface area contributed by atoms with Gasteiger partial charge in [0.1, 0.15) is 0 Å². The van der Waals surface area contributed by atoms with Crippen molar-refractivity contribution >= 4 is 28.2 Å². The van der Waals surface area contributed by atoms with Crippen LogP contribution in [0, 0.1) is 0 Å². The van der Waals surface area contributed by atoms with Gasteiger partial charge in [0.2, 0.25) is 6.41 Å². The number of nitrogens with one attached hydrogen (secondary N) is 1. The molecule has 0 fully saturated rings. The summed E-state index contributed by atoms with van der Waals surface area (Å²) in [6.07, 6.45) is -1.07. The Kier molecular flexibility index (Phi) is 5.68. The number of likely N-dealkylation sites (N-methyl/N-ethyl adjacent to an activating group) is 1. The quantitative estimate of drug-likeness (QED) is 0.709. The van der Waals surface area contributed by atoms with Gasteiger partial charge in [0, 0.05) is 12.2 Å². The number of carbonyl (C=O) groups is 2. The lowest BCUT2D eigenvalue weighted by molar-refractivity contribution is -0.105. The Balaban J connectivity index is 3.04. The lowest BCUT2D eigenvalue weighted by atomic mass is 10.3. The molecule has 0 saturated heterocycles. The number of rotatable bonds is 7. The van der Waals surface area contributed by atoms with E-state index in [4.69, 9.17) is 5.11 Å². The molecule has 0 bridgehead atoms. The maximum atomic E-state index is 12.3. The number of amides is 2. The van der Waals surface area contributed by atoms with E-state index in [-0.39, 0.29) is 18.0 Å². The largest absolute Gasteiger partial charge is 0.464 e. The first-order chi connectivity index (χ1) is 9.78. The first-order valence-corrected chi connectivity index (χ1v) is 7.43. The van der Waals surface area contributed by atoms with Crippen LogP contribution >= 0.6 is 0 Å². The fourth-order valence-electron chi connectivity index (χ4n) is 1.53. The summed E-state index contributed by atoms with van der Waals surface area (Å²) in [5.41, 5.74) is 0.416. The number of carbonyl (C=O) groups excluding carboxylic acids is 1. The summed E-state index contributed by atoms with van der Waals surface area (Å²) in [6, 6.07) is 5.25. The van der Waals surface area contributed by atoms with E-state index in [1.54, 1.807) is 19.0 Å². The van der Waals surface area contributed by atoms with Gasteiger partial charge >= 0.3 is 6.09 Å². The third-order valence-corrected chi connectivity index (χ3v) is 4.42. The van der Waals surface area contributed by atoms with Crippen molar-refractivity contribution in [2.45, 2.75) is 4.90 Å². The Hall–Kier alpha value is -2.13. The van der Waals surface area contributed by atoms with Crippen molar-refractivity contribution < 1.29 is 23.1 Å². The molecule has 0 aliphatic rings. The van der Waals surface area contributed by atoms with E-state index in [0.29, 0.717) is 16.4 Å². The zero-order valence-corrected chi connectivity index (χ0v) is 12.5. The molecule has 9 heteroatoms. The van der Waals surface area contributed by atoms with Gasteiger partial charge in [-0.05, 0) is 38.4 Å². The van der Waals surface area contributed by atoms with Crippen molar-refractivity contribution in [2.75, 3.05) is 32.5 Å². The summed E-state index contributed by atoms with van der Waals surface area (Å²) in [5.74, 6) is 0. The SMILES string of the molecule is CN(C)CCN(C(=O)O)S(=O)(=O)c1ccc(NC=O)cc1. The van der Waals surface area contributed by atoms with Crippen LogP contribution in [0.15, 0.2) is 29.2 Å². The molecule has 0 atom stereocenters. The van der Waals surface area contributed by atoms with Gasteiger partial charge in [-0.2, -0.15) is 4.31 Å². The number of sulfonamides is 1. The predicted molar refractivity (Wildman–Crippen MR) is 76.6 cm³/mol. The first-order valence-electron chi connectivity index (χ1n) is 5.99. The number of benzene rings is 1. The highest BCUT2D eigenvalue weighted by atomic mass is 32.2. The fraction of sp³-hybridized carbons (Fsp3) is 0.333. The van der Waals surface area contributed by atoms with Crippen LogP contribution in [0.2, 0.25) is 0 Å². The second-order valence-corrected chi connectivity index (χ2v) is 6.31. The zero-order valence-electron chi connectivity index (χ0n) is 11.7. The number of hydrogen-bond donors (Lipinski definition) is 2. The number of hydrogen-bond acceptors (Lipinski definition) is 5. The summed E-state index contributed by atoms with van der Waals surface area (Å²) in [7, 11) is -0.707. The van der Waals surface area contributed by atoms with Crippen molar-refractivity contribution in [2.24, 2.45) is 0 Å². The van der Waals surface area contributed by atoms with Gasteiger partial charge in [-0.25, -0.2) is 13.2 Å². The van der Waals surface area contributed by atoms with Gasteiger partial charge in [-0.15, -0.1) is 0 Å². The lowest BCUT2D eigenvalue weighted by Crippen LogP contribution is -2.40. The Morgan fingerprint density at radius 3 is 2.24 bits per heavy atom. The highest BCUT2D eigenvalue weighted by Gasteiger charge is 2.28. The smallest absolute Gasteiger partial charge is 0.421 e. The van der Waals surface area contributed by atoms with Gasteiger partial charge in [0.15, 0.2) is 0 Å². The topological polar surface area (TPSA) is 107 Å². The van der Waals surface area contributed by atoms with Crippen molar-refractivity contribution in [1.29, 1.82) is 0 Å². The van der Waals surface area contributed by atoms with Crippen molar-refractivity contribution in [3.05, 3.63) is 24.3 Å². The second kappa shape index (κ2) is 7.04. The Morgan fingerprint density at radius 1 is 1.24 bits per heavy atom. The highest BCUT2D eigenvalue weighted by molar-refractivity contribution is 7.89. The molecular formula is C12H17N3O5S.